The fourth-order valence-corrected chi connectivity index (χ4v) is 3.84. The van der Waals surface area contributed by atoms with E-state index in [4.69, 9.17) is 5.66 Å². The van der Waals surface area contributed by atoms with E-state index in [9.17, 15) is 0 Å². The first-order chi connectivity index (χ1) is 8.72. The Morgan fingerprint density at radius 1 is 1.28 bits per heavy atom. The lowest BCUT2D eigenvalue weighted by atomic mass is 10.0. The van der Waals surface area contributed by atoms with Crippen molar-refractivity contribution in [2.45, 2.75) is 46.9 Å². The highest BCUT2D eigenvalue weighted by molar-refractivity contribution is 6.50. The van der Waals surface area contributed by atoms with Gasteiger partial charge in [-0.2, -0.15) is 0 Å². The van der Waals surface area contributed by atoms with Gasteiger partial charge >= 0.3 is 0 Å². The van der Waals surface area contributed by atoms with Crippen LogP contribution in [0.5, 0.6) is 0 Å². The van der Waals surface area contributed by atoms with Gasteiger partial charge in [0.2, 0.25) is 0 Å². The van der Waals surface area contributed by atoms with Crippen LogP contribution in [0.1, 0.15) is 38.8 Å². The lowest BCUT2D eigenvalue weighted by Gasteiger charge is -2.22. The molecule has 0 fully saturated rings. The summed E-state index contributed by atoms with van der Waals surface area (Å²) in [6, 6.07) is 8.91. The van der Waals surface area contributed by atoms with Crippen LogP contribution in [0.15, 0.2) is 24.3 Å². The minimum Gasteiger partial charge on any atom is -0.416 e. The smallest absolute Gasteiger partial charge is 0.174 e. The second-order valence-electron chi connectivity index (χ2n) is 5.80. The van der Waals surface area contributed by atoms with Crippen molar-refractivity contribution in [3.8, 4) is 11.8 Å². The molecule has 98 valence electrons. The number of hydrogen-bond acceptors (Lipinski definition) is 1. The second-order valence-corrected chi connectivity index (χ2v) is 7.85. The first-order valence-electron chi connectivity index (χ1n) is 6.87. The molecule has 1 aromatic rings. The third-order valence-corrected chi connectivity index (χ3v) is 4.68. The van der Waals surface area contributed by atoms with Gasteiger partial charge in [-0.05, 0) is 42.6 Å². The summed E-state index contributed by atoms with van der Waals surface area (Å²) in [5.74, 6) is 5.90. The summed E-state index contributed by atoms with van der Waals surface area (Å²) in [4.78, 5) is 0. The van der Waals surface area contributed by atoms with Crippen molar-refractivity contribution in [3.63, 3.8) is 0 Å². The van der Waals surface area contributed by atoms with Gasteiger partial charge in [0.25, 0.3) is 0 Å². The van der Waals surface area contributed by atoms with Crippen LogP contribution in [-0.4, -0.2) is 10.2 Å². The fourth-order valence-electron chi connectivity index (χ4n) is 1.83. The second kappa shape index (κ2) is 6.77. The van der Waals surface area contributed by atoms with Crippen molar-refractivity contribution in [1.82, 2.24) is 0 Å². The summed E-state index contributed by atoms with van der Waals surface area (Å²) in [5, 5.41) is 0. The van der Waals surface area contributed by atoms with Crippen LogP contribution in [0.3, 0.4) is 0 Å². The summed E-state index contributed by atoms with van der Waals surface area (Å²) in [5.41, 5.74) is 2.29. The van der Waals surface area contributed by atoms with Crippen LogP contribution in [0.2, 0.25) is 12.6 Å². The SMILES string of the molecule is [2H][Si](C)(CC(C)(C)C)OCc1ccc(C#CC)cc1. The molecular weight excluding hydrogens is 236 g/mol. The van der Waals surface area contributed by atoms with Gasteiger partial charge in [0, 0.05) is 6.80 Å². The van der Waals surface area contributed by atoms with Gasteiger partial charge < -0.3 is 4.43 Å². The van der Waals surface area contributed by atoms with Gasteiger partial charge in [0.05, 0.1) is 6.61 Å². The molecule has 0 heterocycles. The topological polar surface area (TPSA) is 9.23 Å². The Labute approximate surface area is 115 Å². The Bertz CT molecular complexity index is 460. The largest absolute Gasteiger partial charge is 0.416 e. The van der Waals surface area contributed by atoms with Gasteiger partial charge in [-0.3, -0.25) is 0 Å². The zero-order chi connectivity index (χ0) is 14.5. The highest BCUT2D eigenvalue weighted by Gasteiger charge is 2.17. The van der Waals surface area contributed by atoms with Crippen molar-refractivity contribution in [3.05, 3.63) is 35.4 Å². The van der Waals surface area contributed by atoms with Gasteiger partial charge in [-0.15, -0.1) is 5.92 Å². The molecule has 0 aliphatic rings. The zero-order valence-corrected chi connectivity index (χ0v) is 13.1. The first kappa shape index (κ1) is 13.4. The molecule has 0 saturated carbocycles. The van der Waals surface area contributed by atoms with Crippen molar-refractivity contribution in [2.75, 3.05) is 0 Å². The average Bonchev–Trinajstić information content (AvgIpc) is 2.25. The van der Waals surface area contributed by atoms with Crippen LogP contribution >= 0.6 is 0 Å². The first-order valence-corrected chi connectivity index (χ1v) is 8.49. The highest BCUT2D eigenvalue weighted by atomic mass is 28.3. The van der Waals surface area contributed by atoms with E-state index in [-0.39, 0.29) is 5.41 Å². The summed E-state index contributed by atoms with van der Waals surface area (Å²) in [7, 11) is -2.33. The maximum atomic E-state index is 8.33. The third kappa shape index (κ3) is 6.04. The normalized spacial score (nSPS) is 15.3. The Balaban J connectivity index is 2.58. The number of benzene rings is 1. The van der Waals surface area contributed by atoms with Crippen molar-refractivity contribution in [2.24, 2.45) is 5.41 Å². The molecule has 0 spiro atoms. The van der Waals surface area contributed by atoms with Crippen LogP contribution < -0.4 is 0 Å². The number of rotatable bonds is 4. The molecule has 0 saturated heterocycles. The van der Waals surface area contributed by atoms with Crippen molar-refractivity contribution < 1.29 is 4.43 Å². The lowest BCUT2D eigenvalue weighted by molar-refractivity contribution is 0.297. The minimum atomic E-state index is -2.33. The van der Waals surface area contributed by atoms with Crippen molar-refractivity contribution in [1.29, 1.82) is 1.23 Å². The van der Waals surface area contributed by atoms with E-state index >= 15 is 0 Å². The zero-order valence-electron chi connectivity index (χ0n) is 13.1. The summed E-state index contributed by atoms with van der Waals surface area (Å²) < 4.78 is 14.2. The molecule has 1 atom stereocenters. The molecule has 2 heteroatoms. The summed E-state index contributed by atoms with van der Waals surface area (Å²) >= 11 is 0. The van der Waals surface area contributed by atoms with Gasteiger partial charge in [-0.1, -0.05) is 38.8 Å². The molecule has 0 bridgehead atoms. The van der Waals surface area contributed by atoms with Gasteiger partial charge in [0.1, 0.15) is 0 Å². The standard InChI is InChI=1S/C16H24OSi/c1-6-7-14-8-10-15(11-9-14)12-17-18(5)13-16(2,3)4/h8-11,18H,12-13H2,1-5H3/i18D. The van der Waals surface area contributed by atoms with E-state index in [2.05, 4.69) is 32.6 Å². The minimum absolute atomic E-state index is 0.156. The van der Waals surface area contributed by atoms with Gasteiger partial charge in [0.15, 0.2) is 8.97 Å². The molecule has 0 aliphatic carbocycles. The maximum absolute atomic E-state index is 8.33. The van der Waals surface area contributed by atoms with E-state index in [1.807, 2.05) is 37.7 Å². The number of hydrogen-bond donors (Lipinski definition) is 0. The Morgan fingerprint density at radius 3 is 2.39 bits per heavy atom. The Kier molecular flexibility index (Phi) is 5.04. The third-order valence-electron chi connectivity index (χ3n) is 2.49. The monoisotopic (exact) mass is 261 g/mol. The molecule has 18 heavy (non-hydrogen) atoms. The molecular formula is C16H24OSi. The summed E-state index contributed by atoms with van der Waals surface area (Å²) in [6.07, 6.45) is 0. The van der Waals surface area contributed by atoms with Crippen LogP contribution in [0.25, 0.3) is 0 Å². The van der Waals surface area contributed by atoms with E-state index in [0.717, 1.165) is 17.2 Å². The van der Waals surface area contributed by atoms with Crippen LogP contribution in [0, 0.1) is 17.3 Å². The molecule has 0 amide bonds. The summed E-state index contributed by atoms with van der Waals surface area (Å²) in [6.45, 7) is 10.8. The van der Waals surface area contributed by atoms with Crippen molar-refractivity contribution >= 4 is 8.97 Å². The molecule has 1 unspecified atom stereocenters. The van der Waals surface area contributed by atoms with E-state index < -0.39 is 8.97 Å². The van der Waals surface area contributed by atoms with Crippen LogP contribution in [0.4, 0.5) is 0 Å². The molecule has 1 aromatic carbocycles. The van der Waals surface area contributed by atoms with E-state index in [1.54, 1.807) is 0 Å². The molecule has 1 rings (SSSR count). The predicted molar refractivity (Wildman–Crippen MR) is 81.1 cm³/mol. The van der Waals surface area contributed by atoms with E-state index in [1.165, 1.54) is 0 Å². The molecule has 0 N–H and O–H groups in total. The van der Waals surface area contributed by atoms with E-state index in [0.29, 0.717) is 6.61 Å². The maximum Gasteiger partial charge on any atom is 0.174 e. The molecule has 0 aliphatic heterocycles. The average molecular weight is 261 g/mol. The molecule has 0 radical (unpaired) electrons. The van der Waals surface area contributed by atoms with Crippen LogP contribution in [-0.2, 0) is 11.0 Å². The quantitative estimate of drug-likeness (QED) is 0.588. The fraction of sp³-hybridized carbons (Fsp3) is 0.500. The molecule has 0 aromatic heterocycles. The van der Waals surface area contributed by atoms with Gasteiger partial charge in [-0.25, -0.2) is 0 Å². The molecule has 1 nitrogen and oxygen atoms in total. The predicted octanol–water partition coefficient (Wildman–Crippen LogP) is 3.97. The Morgan fingerprint density at radius 2 is 1.89 bits per heavy atom. The Hall–Kier alpha value is -1.04. The lowest BCUT2D eigenvalue weighted by Crippen LogP contribution is -2.20. The highest BCUT2D eigenvalue weighted by Crippen LogP contribution is 2.22.